The van der Waals surface area contributed by atoms with Crippen molar-refractivity contribution in [2.75, 3.05) is 13.2 Å². The Labute approximate surface area is 132 Å². The second-order valence-corrected chi connectivity index (χ2v) is 12.6. The van der Waals surface area contributed by atoms with E-state index >= 15 is 0 Å². The molecule has 0 aromatic rings. The van der Waals surface area contributed by atoms with E-state index in [4.69, 9.17) is 9.53 Å². The molecule has 0 radical (unpaired) electrons. The summed E-state index contributed by atoms with van der Waals surface area (Å²) in [5.74, 6) is 1.29. The number of aliphatic hydroxyl groups excluding tert-OH is 1. The van der Waals surface area contributed by atoms with Crippen LogP contribution in [0.15, 0.2) is 24.3 Å². The summed E-state index contributed by atoms with van der Waals surface area (Å²) in [5.41, 5.74) is 0. The molecule has 3 heteroatoms. The highest BCUT2D eigenvalue weighted by Gasteiger charge is 2.38. The quantitative estimate of drug-likeness (QED) is 0.557. The highest BCUT2D eigenvalue weighted by atomic mass is 28.4. The molecular weight excluding hydrogens is 276 g/mol. The van der Waals surface area contributed by atoms with E-state index in [-0.39, 0.29) is 11.6 Å². The van der Waals surface area contributed by atoms with E-state index in [0.29, 0.717) is 11.8 Å². The maximum atomic E-state index is 8.77. The Balaban J connectivity index is 2.58. The van der Waals surface area contributed by atoms with Crippen molar-refractivity contribution in [3.05, 3.63) is 24.3 Å². The van der Waals surface area contributed by atoms with Crippen molar-refractivity contribution in [3.8, 4) is 0 Å². The van der Waals surface area contributed by atoms with E-state index in [9.17, 15) is 0 Å². The Kier molecular flexibility index (Phi) is 7.38. The van der Waals surface area contributed by atoms with Crippen molar-refractivity contribution >= 4 is 8.32 Å². The van der Waals surface area contributed by atoms with Crippen LogP contribution in [-0.2, 0) is 4.43 Å². The summed E-state index contributed by atoms with van der Waals surface area (Å²) >= 11 is 0. The van der Waals surface area contributed by atoms with E-state index in [1.165, 1.54) is 25.7 Å². The highest BCUT2D eigenvalue weighted by Crippen LogP contribution is 2.38. The number of hydrogen-bond donors (Lipinski definition) is 1. The summed E-state index contributed by atoms with van der Waals surface area (Å²) in [4.78, 5) is 0. The largest absolute Gasteiger partial charge is 0.417 e. The molecular formula is C18H34O2Si. The lowest BCUT2D eigenvalue weighted by Crippen LogP contribution is -2.42. The van der Waals surface area contributed by atoms with Gasteiger partial charge in [-0.1, -0.05) is 57.9 Å². The maximum absolute atomic E-state index is 8.77. The minimum atomic E-state index is -1.63. The Bertz CT molecular complexity index is 353. The SMILES string of the molecule is CC(C)(C)[Si](C)(C)OCC1CCCC[C@H]1/C=C/C=C/CO. The molecule has 0 aromatic heterocycles. The van der Waals surface area contributed by atoms with E-state index < -0.39 is 8.32 Å². The topological polar surface area (TPSA) is 29.5 Å². The predicted molar refractivity (Wildman–Crippen MR) is 94.0 cm³/mol. The molecule has 1 rings (SSSR count). The zero-order valence-electron chi connectivity index (χ0n) is 14.6. The van der Waals surface area contributed by atoms with E-state index in [1.807, 2.05) is 6.08 Å². The molecule has 0 bridgehead atoms. The minimum Gasteiger partial charge on any atom is -0.417 e. The first kappa shape index (κ1) is 18.7. The lowest BCUT2D eigenvalue weighted by molar-refractivity contribution is 0.162. The zero-order valence-corrected chi connectivity index (χ0v) is 15.6. The first-order valence-corrected chi connectivity index (χ1v) is 11.3. The molecule has 1 N–H and O–H groups in total. The molecule has 1 unspecified atom stereocenters. The van der Waals surface area contributed by atoms with Gasteiger partial charge in [-0.25, -0.2) is 0 Å². The van der Waals surface area contributed by atoms with Crippen LogP contribution in [0.5, 0.6) is 0 Å². The Hall–Kier alpha value is -0.383. The maximum Gasteiger partial charge on any atom is 0.191 e. The average Bonchev–Trinajstić information content (AvgIpc) is 2.41. The molecule has 1 aliphatic carbocycles. The van der Waals surface area contributed by atoms with Crippen molar-refractivity contribution in [2.45, 2.75) is 64.6 Å². The van der Waals surface area contributed by atoms with Crippen LogP contribution in [-0.4, -0.2) is 26.6 Å². The fourth-order valence-electron chi connectivity index (χ4n) is 2.57. The molecule has 0 aromatic carbocycles. The molecule has 2 nitrogen and oxygen atoms in total. The lowest BCUT2D eigenvalue weighted by Gasteiger charge is -2.39. The summed E-state index contributed by atoms with van der Waals surface area (Å²) in [7, 11) is -1.63. The Morgan fingerprint density at radius 3 is 2.43 bits per heavy atom. The monoisotopic (exact) mass is 310 g/mol. The van der Waals surface area contributed by atoms with Crippen molar-refractivity contribution in [2.24, 2.45) is 11.8 Å². The van der Waals surface area contributed by atoms with Gasteiger partial charge in [-0.15, -0.1) is 0 Å². The third-order valence-electron chi connectivity index (χ3n) is 5.14. The summed E-state index contributed by atoms with van der Waals surface area (Å²) < 4.78 is 6.44. The molecule has 0 spiro atoms. The molecule has 2 atom stereocenters. The number of allylic oxidation sites excluding steroid dienone is 3. The van der Waals surface area contributed by atoms with Gasteiger partial charge in [0, 0.05) is 6.61 Å². The van der Waals surface area contributed by atoms with Crippen LogP contribution >= 0.6 is 0 Å². The predicted octanol–water partition coefficient (Wildman–Crippen LogP) is 4.92. The lowest BCUT2D eigenvalue weighted by atomic mass is 9.79. The molecule has 0 saturated heterocycles. The molecule has 1 saturated carbocycles. The third kappa shape index (κ3) is 6.09. The highest BCUT2D eigenvalue weighted by molar-refractivity contribution is 6.74. The second kappa shape index (κ2) is 8.30. The Morgan fingerprint density at radius 1 is 1.14 bits per heavy atom. The smallest absolute Gasteiger partial charge is 0.191 e. The Morgan fingerprint density at radius 2 is 1.81 bits per heavy atom. The molecule has 122 valence electrons. The molecule has 0 aliphatic heterocycles. The second-order valence-electron chi connectivity index (χ2n) is 7.78. The van der Waals surface area contributed by atoms with Gasteiger partial charge in [-0.3, -0.25) is 0 Å². The van der Waals surface area contributed by atoms with Crippen molar-refractivity contribution in [3.63, 3.8) is 0 Å². The van der Waals surface area contributed by atoms with Crippen LogP contribution in [0.2, 0.25) is 18.1 Å². The average molecular weight is 311 g/mol. The molecule has 21 heavy (non-hydrogen) atoms. The van der Waals surface area contributed by atoms with Crippen LogP contribution in [0.25, 0.3) is 0 Å². The summed E-state index contributed by atoms with van der Waals surface area (Å²) in [6, 6.07) is 0. The fraction of sp³-hybridized carbons (Fsp3) is 0.778. The van der Waals surface area contributed by atoms with Gasteiger partial charge in [0.1, 0.15) is 0 Å². The van der Waals surface area contributed by atoms with Crippen molar-refractivity contribution in [1.82, 2.24) is 0 Å². The van der Waals surface area contributed by atoms with Gasteiger partial charge in [-0.2, -0.15) is 0 Å². The van der Waals surface area contributed by atoms with Crippen LogP contribution in [0.1, 0.15) is 46.5 Å². The van der Waals surface area contributed by atoms with E-state index in [2.05, 4.69) is 46.0 Å². The number of rotatable bonds is 6. The van der Waals surface area contributed by atoms with Gasteiger partial charge in [-0.05, 0) is 42.8 Å². The molecule has 0 amide bonds. The number of aliphatic hydroxyl groups is 1. The van der Waals surface area contributed by atoms with Gasteiger partial charge < -0.3 is 9.53 Å². The van der Waals surface area contributed by atoms with Crippen LogP contribution in [0.3, 0.4) is 0 Å². The van der Waals surface area contributed by atoms with Gasteiger partial charge in [0.2, 0.25) is 0 Å². The van der Waals surface area contributed by atoms with Gasteiger partial charge in [0.05, 0.1) is 6.61 Å². The molecule has 1 fully saturated rings. The molecule has 1 aliphatic rings. The third-order valence-corrected chi connectivity index (χ3v) is 9.64. The fourth-order valence-corrected chi connectivity index (χ4v) is 3.64. The summed E-state index contributed by atoms with van der Waals surface area (Å²) in [6.07, 6.45) is 13.3. The van der Waals surface area contributed by atoms with Crippen molar-refractivity contribution < 1.29 is 9.53 Å². The van der Waals surface area contributed by atoms with Crippen LogP contribution in [0, 0.1) is 11.8 Å². The van der Waals surface area contributed by atoms with E-state index in [0.717, 1.165) is 6.61 Å². The van der Waals surface area contributed by atoms with Crippen molar-refractivity contribution in [1.29, 1.82) is 0 Å². The van der Waals surface area contributed by atoms with Gasteiger partial charge >= 0.3 is 0 Å². The van der Waals surface area contributed by atoms with Crippen LogP contribution in [0.4, 0.5) is 0 Å². The van der Waals surface area contributed by atoms with Gasteiger partial charge in [0.25, 0.3) is 0 Å². The minimum absolute atomic E-state index is 0.118. The first-order chi connectivity index (χ1) is 9.78. The number of hydrogen-bond acceptors (Lipinski definition) is 2. The standard InChI is InChI=1S/C18H34O2Si/c1-18(2,3)21(4,5)20-15-17-13-9-8-12-16(17)11-7-6-10-14-19/h6-7,10-11,16-17,19H,8-9,12-15H2,1-5H3/b10-6+,11-7+/t16-,17?/m1/s1. The molecule has 0 heterocycles. The van der Waals surface area contributed by atoms with Gasteiger partial charge in [0.15, 0.2) is 8.32 Å². The summed E-state index contributed by atoms with van der Waals surface area (Å²) in [5, 5.41) is 9.06. The summed E-state index contributed by atoms with van der Waals surface area (Å²) in [6.45, 7) is 12.6. The van der Waals surface area contributed by atoms with Crippen LogP contribution < -0.4 is 0 Å². The first-order valence-electron chi connectivity index (χ1n) is 8.36. The van der Waals surface area contributed by atoms with E-state index in [1.54, 1.807) is 6.08 Å². The zero-order chi connectivity index (χ0) is 15.9. The normalized spacial score (nSPS) is 25.0.